The zero-order chi connectivity index (χ0) is 17.4. The van der Waals surface area contributed by atoms with Crippen LogP contribution in [0, 0.1) is 5.82 Å². The normalized spacial score (nSPS) is 16.3. The van der Waals surface area contributed by atoms with Crippen molar-refractivity contribution >= 4 is 5.96 Å². The first-order valence-corrected chi connectivity index (χ1v) is 9.06. The molecule has 4 nitrogen and oxygen atoms in total. The number of nitrogens with one attached hydrogen (secondary N) is 2. The summed E-state index contributed by atoms with van der Waals surface area (Å²) in [7, 11) is 1.79. The predicted molar refractivity (Wildman–Crippen MR) is 99.1 cm³/mol. The smallest absolute Gasteiger partial charge is 0.191 e. The van der Waals surface area contributed by atoms with Crippen LogP contribution in [0.5, 0.6) is 0 Å². The van der Waals surface area contributed by atoms with E-state index in [0.29, 0.717) is 0 Å². The van der Waals surface area contributed by atoms with Gasteiger partial charge in [0.15, 0.2) is 5.96 Å². The Hall–Kier alpha value is -1.62. The number of rotatable bonds is 9. The standard InChI is InChI=1S/C19H31FN4/c1-4-24(5-2)13-7-12-22-18(21-3)23-15-19(10-11-19)16-8-6-9-17(20)14-16/h6,8-9,14H,4-5,7,10-13,15H2,1-3H3,(H2,21,22,23). The Morgan fingerprint density at radius 3 is 2.58 bits per heavy atom. The lowest BCUT2D eigenvalue weighted by atomic mass is 9.96. The van der Waals surface area contributed by atoms with Crippen LogP contribution in [0.15, 0.2) is 29.3 Å². The van der Waals surface area contributed by atoms with E-state index in [1.807, 2.05) is 6.07 Å². The molecule has 1 aliphatic carbocycles. The third kappa shape index (κ3) is 5.20. The molecule has 1 fully saturated rings. The zero-order valence-corrected chi connectivity index (χ0v) is 15.2. The molecular formula is C19H31FN4. The minimum Gasteiger partial charge on any atom is -0.356 e. The average Bonchev–Trinajstić information content (AvgIpc) is 3.39. The van der Waals surface area contributed by atoms with E-state index in [-0.39, 0.29) is 11.2 Å². The number of guanidine groups is 1. The number of hydrogen-bond donors (Lipinski definition) is 2. The highest BCUT2D eigenvalue weighted by Crippen LogP contribution is 2.47. The van der Waals surface area contributed by atoms with Gasteiger partial charge in [-0.3, -0.25) is 4.99 Å². The van der Waals surface area contributed by atoms with Crippen molar-refractivity contribution in [3.63, 3.8) is 0 Å². The second-order valence-electron chi connectivity index (χ2n) is 6.52. The number of hydrogen-bond acceptors (Lipinski definition) is 2. The predicted octanol–water partition coefficient (Wildman–Crippen LogP) is 2.75. The minimum atomic E-state index is -0.155. The van der Waals surface area contributed by atoms with Crippen molar-refractivity contribution in [1.82, 2.24) is 15.5 Å². The number of benzene rings is 1. The third-order valence-electron chi connectivity index (χ3n) is 4.95. The molecule has 2 rings (SSSR count). The molecule has 0 saturated heterocycles. The molecule has 0 unspecified atom stereocenters. The van der Waals surface area contributed by atoms with Gasteiger partial charge in [-0.05, 0) is 56.6 Å². The summed E-state index contributed by atoms with van der Waals surface area (Å²) in [5.74, 6) is 0.676. The fraction of sp³-hybridized carbons (Fsp3) is 0.632. The molecule has 5 heteroatoms. The van der Waals surface area contributed by atoms with Crippen molar-refractivity contribution in [3.05, 3.63) is 35.6 Å². The summed E-state index contributed by atoms with van der Waals surface area (Å²) in [6.07, 6.45) is 3.29. The number of nitrogens with zero attached hydrogens (tertiary/aromatic N) is 2. The first-order chi connectivity index (χ1) is 11.6. The summed E-state index contributed by atoms with van der Waals surface area (Å²) < 4.78 is 13.5. The maximum atomic E-state index is 13.5. The van der Waals surface area contributed by atoms with Gasteiger partial charge in [-0.1, -0.05) is 26.0 Å². The van der Waals surface area contributed by atoms with Crippen LogP contribution in [-0.2, 0) is 5.41 Å². The van der Waals surface area contributed by atoms with E-state index in [4.69, 9.17) is 0 Å². The van der Waals surface area contributed by atoms with Gasteiger partial charge in [0, 0.05) is 25.6 Å². The van der Waals surface area contributed by atoms with Gasteiger partial charge < -0.3 is 15.5 Å². The van der Waals surface area contributed by atoms with Gasteiger partial charge in [0.1, 0.15) is 5.82 Å². The summed E-state index contributed by atoms with van der Waals surface area (Å²) in [5.41, 5.74) is 1.16. The monoisotopic (exact) mass is 334 g/mol. The molecule has 1 aliphatic rings. The SMILES string of the molecule is CCN(CC)CCCNC(=NC)NCC1(c2cccc(F)c2)CC1. The number of halogens is 1. The van der Waals surface area contributed by atoms with Crippen LogP contribution in [0.3, 0.4) is 0 Å². The topological polar surface area (TPSA) is 39.7 Å². The molecule has 1 aromatic carbocycles. The minimum absolute atomic E-state index is 0.0704. The van der Waals surface area contributed by atoms with Crippen LogP contribution in [0.2, 0.25) is 0 Å². The molecule has 0 heterocycles. The Bertz CT molecular complexity index is 536. The van der Waals surface area contributed by atoms with E-state index in [0.717, 1.165) is 63.5 Å². The summed E-state index contributed by atoms with van der Waals surface area (Å²) in [5, 5.41) is 6.78. The van der Waals surface area contributed by atoms with Crippen molar-refractivity contribution < 1.29 is 4.39 Å². The molecule has 0 bridgehead atoms. The summed E-state index contributed by atoms with van der Waals surface area (Å²) in [6, 6.07) is 6.99. The van der Waals surface area contributed by atoms with Gasteiger partial charge in [0.05, 0.1) is 0 Å². The first kappa shape index (κ1) is 18.7. The van der Waals surface area contributed by atoms with E-state index >= 15 is 0 Å². The molecule has 1 saturated carbocycles. The van der Waals surface area contributed by atoms with Crippen LogP contribution in [0.25, 0.3) is 0 Å². The van der Waals surface area contributed by atoms with Crippen molar-refractivity contribution in [2.45, 2.75) is 38.5 Å². The van der Waals surface area contributed by atoms with Gasteiger partial charge in [0.2, 0.25) is 0 Å². The van der Waals surface area contributed by atoms with Crippen molar-refractivity contribution in [3.8, 4) is 0 Å². The van der Waals surface area contributed by atoms with Gasteiger partial charge in [-0.2, -0.15) is 0 Å². The summed E-state index contributed by atoms with van der Waals surface area (Å²) >= 11 is 0. The first-order valence-electron chi connectivity index (χ1n) is 9.06. The molecule has 0 aromatic heterocycles. The van der Waals surface area contributed by atoms with Gasteiger partial charge in [-0.15, -0.1) is 0 Å². The van der Waals surface area contributed by atoms with E-state index in [2.05, 4.69) is 34.4 Å². The van der Waals surface area contributed by atoms with Crippen LogP contribution in [0.4, 0.5) is 4.39 Å². The maximum absolute atomic E-state index is 13.5. The van der Waals surface area contributed by atoms with Crippen molar-refractivity contribution in [2.75, 3.05) is 39.8 Å². The average molecular weight is 334 g/mol. The maximum Gasteiger partial charge on any atom is 0.191 e. The Labute approximate surface area is 145 Å². The molecular weight excluding hydrogens is 303 g/mol. The second kappa shape index (κ2) is 9.02. The van der Waals surface area contributed by atoms with Crippen molar-refractivity contribution in [1.29, 1.82) is 0 Å². The Balaban J connectivity index is 1.76. The highest BCUT2D eigenvalue weighted by atomic mass is 19.1. The lowest BCUT2D eigenvalue weighted by Crippen LogP contribution is -2.42. The third-order valence-corrected chi connectivity index (χ3v) is 4.95. The number of aliphatic imine (C=N–C) groups is 1. The van der Waals surface area contributed by atoms with Crippen LogP contribution < -0.4 is 10.6 Å². The lowest BCUT2D eigenvalue weighted by molar-refractivity contribution is 0.300. The fourth-order valence-corrected chi connectivity index (χ4v) is 3.06. The molecule has 0 aliphatic heterocycles. The van der Waals surface area contributed by atoms with E-state index in [9.17, 15) is 4.39 Å². The lowest BCUT2D eigenvalue weighted by Gasteiger charge is -2.20. The largest absolute Gasteiger partial charge is 0.356 e. The van der Waals surface area contributed by atoms with Gasteiger partial charge in [0.25, 0.3) is 0 Å². The van der Waals surface area contributed by atoms with Crippen molar-refractivity contribution in [2.24, 2.45) is 4.99 Å². The zero-order valence-electron chi connectivity index (χ0n) is 15.2. The fourth-order valence-electron chi connectivity index (χ4n) is 3.06. The molecule has 2 N–H and O–H groups in total. The van der Waals surface area contributed by atoms with E-state index < -0.39 is 0 Å². The molecule has 0 radical (unpaired) electrons. The summed E-state index contributed by atoms with van der Waals surface area (Å²) in [4.78, 5) is 6.71. The highest BCUT2D eigenvalue weighted by molar-refractivity contribution is 5.79. The van der Waals surface area contributed by atoms with Crippen LogP contribution in [-0.4, -0.2) is 50.6 Å². The molecule has 0 spiro atoms. The second-order valence-corrected chi connectivity index (χ2v) is 6.52. The molecule has 0 amide bonds. The Morgan fingerprint density at radius 1 is 1.25 bits per heavy atom. The highest BCUT2D eigenvalue weighted by Gasteiger charge is 2.44. The van der Waals surface area contributed by atoms with E-state index in [1.54, 1.807) is 19.2 Å². The van der Waals surface area contributed by atoms with Crippen LogP contribution >= 0.6 is 0 Å². The van der Waals surface area contributed by atoms with Crippen LogP contribution in [0.1, 0.15) is 38.7 Å². The quantitative estimate of drug-likeness (QED) is 0.414. The van der Waals surface area contributed by atoms with Gasteiger partial charge in [-0.25, -0.2) is 4.39 Å². The Morgan fingerprint density at radius 2 is 2.00 bits per heavy atom. The Kier molecular flexibility index (Phi) is 7.03. The van der Waals surface area contributed by atoms with E-state index in [1.165, 1.54) is 6.07 Å². The molecule has 134 valence electrons. The summed E-state index contributed by atoms with van der Waals surface area (Å²) in [6.45, 7) is 9.39. The van der Waals surface area contributed by atoms with Gasteiger partial charge >= 0.3 is 0 Å². The molecule has 0 atom stereocenters. The molecule has 24 heavy (non-hydrogen) atoms. The molecule has 1 aromatic rings.